The highest BCUT2D eigenvalue weighted by atomic mass is 16.6. The summed E-state index contributed by atoms with van der Waals surface area (Å²) < 4.78 is 11.7. The van der Waals surface area contributed by atoms with Crippen LogP contribution in [0.1, 0.15) is 35.7 Å². The number of esters is 1. The minimum atomic E-state index is -0.596. The second kappa shape index (κ2) is 10.4. The number of hydrogen-bond acceptors (Lipinski definition) is 6. The van der Waals surface area contributed by atoms with Crippen LogP contribution in [0.4, 0.5) is 4.79 Å². The second-order valence-corrected chi connectivity index (χ2v) is 7.02. The molecule has 0 bridgehead atoms. The van der Waals surface area contributed by atoms with Crippen LogP contribution in [0, 0.1) is 0 Å². The van der Waals surface area contributed by atoms with Crippen molar-refractivity contribution in [3.63, 3.8) is 0 Å². The summed E-state index contributed by atoms with van der Waals surface area (Å²) in [4.78, 5) is 37.6. The highest BCUT2D eigenvalue weighted by molar-refractivity contribution is 5.90. The Morgan fingerprint density at radius 1 is 1.13 bits per heavy atom. The predicted molar refractivity (Wildman–Crippen MR) is 108 cm³/mol. The van der Waals surface area contributed by atoms with E-state index in [9.17, 15) is 14.4 Å². The largest absolute Gasteiger partial charge is 0.452 e. The van der Waals surface area contributed by atoms with Crippen molar-refractivity contribution in [3.8, 4) is 0 Å². The van der Waals surface area contributed by atoms with Crippen molar-refractivity contribution in [2.45, 2.75) is 32.4 Å². The van der Waals surface area contributed by atoms with E-state index in [0.29, 0.717) is 44.6 Å². The minimum absolute atomic E-state index is 0.0597. The molecule has 160 valence electrons. The van der Waals surface area contributed by atoms with Crippen LogP contribution in [0.2, 0.25) is 0 Å². The smallest absolute Gasteiger partial charge is 0.409 e. The summed E-state index contributed by atoms with van der Waals surface area (Å²) in [5, 5.41) is 7.00. The van der Waals surface area contributed by atoms with Crippen LogP contribution in [0.15, 0.2) is 42.7 Å². The number of carbonyl (C=O) groups is 3. The van der Waals surface area contributed by atoms with Gasteiger partial charge in [0.2, 0.25) is 0 Å². The Kier molecular flexibility index (Phi) is 7.42. The fraction of sp³-hybridized carbons (Fsp3) is 0.429. The van der Waals surface area contributed by atoms with E-state index in [1.807, 2.05) is 30.3 Å². The van der Waals surface area contributed by atoms with Crippen molar-refractivity contribution >= 4 is 18.0 Å². The van der Waals surface area contributed by atoms with Gasteiger partial charge in [-0.3, -0.25) is 9.48 Å². The molecule has 1 aromatic carbocycles. The molecule has 9 nitrogen and oxygen atoms in total. The molecule has 30 heavy (non-hydrogen) atoms. The van der Waals surface area contributed by atoms with Crippen molar-refractivity contribution in [3.05, 3.63) is 53.9 Å². The third kappa shape index (κ3) is 6.07. The molecule has 2 amide bonds. The molecule has 0 atom stereocenters. The summed E-state index contributed by atoms with van der Waals surface area (Å²) in [6.45, 7) is 3.32. The van der Waals surface area contributed by atoms with Gasteiger partial charge in [0.25, 0.3) is 5.91 Å². The Bertz CT molecular complexity index is 859. The van der Waals surface area contributed by atoms with Crippen LogP contribution in [-0.4, -0.2) is 65.0 Å². The zero-order valence-corrected chi connectivity index (χ0v) is 17.0. The molecule has 1 aliphatic rings. The molecule has 1 saturated heterocycles. The summed E-state index contributed by atoms with van der Waals surface area (Å²) in [6.07, 6.45) is 3.95. The number of benzene rings is 1. The maximum Gasteiger partial charge on any atom is 0.409 e. The summed E-state index contributed by atoms with van der Waals surface area (Å²) in [5.41, 5.74) is 1.36. The van der Waals surface area contributed by atoms with Gasteiger partial charge < -0.3 is 19.7 Å². The molecule has 1 N–H and O–H groups in total. The zero-order chi connectivity index (χ0) is 21.3. The van der Waals surface area contributed by atoms with Crippen LogP contribution >= 0.6 is 0 Å². The third-order valence-corrected chi connectivity index (χ3v) is 4.78. The summed E-state index contributed by atoms with van der Waals surface area (Å²) in [7, 11) is 0. The van der Waals surface area contributed by atoms with Crippen molar-refractivity contribution in [2.75, 3.05) is 26.3 Å². The number of piperidine rings is 1. The first-order valence-corrected chi connectivity index (χ1v) is 9.99. The lowest BCUT2D eigenvalue weighted by molar-refractivity contribution is -0.125. The van der Waals surface area contributed by atoms with E-state index in [2.05, 4.69) is 10.4 Å². The second-order valence-electron chi connectivity index (χ2n) is 7.02. The fourth-order valence-corrected chi connectivity index (χ4v) is 3.23. The lowest BCUT2D eigenvalue weighted by atomic mass is 10.1. The van der Waals surface area contributed by atoms with Crippen LogP contribution in [0.5, 0.6) is 0 Å². The van der Waals surface area contributed by atoms with E-state index >= 15 is 0 Å². The van der Waals surface area contributed by atoms with Crippen LogP contribution in [-0.2, 0) is 20.8 Å². The first-order valence-electron chi connectivity index (χ1n) is 9.99. The van der Waals surface area contributed by atoms with Gasteiger partial charge in [-0.05, 0) is 25.3 Å². The average Bonchev–Trinajstić information content (AvgIpc) is 3.22. The number of hydrogen-bond donors (Lipinski definition) is 1. The molecule has 0 radical (unpaired) electrons. The Labute approximate surface area is 174 Å². The molecule has 1 aromatic heterocycles. The van der Waals surface area contributed by atoms with E-state index in [4.69, 9.17) is 9.47 Å². The minimum Gasteiger partial charge on any atom is -0.452 e. The first-order chi connectivity index (χ1) is 14.5. The molecule has 1 aliphatic heterocycles. The van der Waals surface area contributed by atoms with E-state index in [1.54, 1.807) is 22.7 Å². The highest BCUT2D eigenvalue weighted by Gasteiger charge is 2.24. The quantitative estimate of drug-likeness (QED) is 0.694. The molecule has 0 unspecified atom stereocenters. The van der Waals surface area contributed by atoms with Gasteiger partial charge in [0, 0.05) is 25.3 Å². The molecule has 3 rings (SSSR count). The molecule has 0 spiro atoms. The topological polar surface area (TPSA) is 103 Å². The molecular weight excluding hydrogens is 388 g/mol. The molecular formula is C21H26N4O5. The molecule has 9 heteroatoms. The highest BCUT2D eigenvalue weighted by Crippen LogP contribution is 2.11. The Balaban J connectivity index is 1.39. The van der Waals surface area contributed by atoms with Gasteiger partial charge in [-0.1, -0.05) is 30.3 Å². The Morgan fingerprint density at radius 2 is 1.87 bits per heavy atom. The lowest BCUT2D eigenvalue weighted by Gasteiger charge is -2.31. The van der Waals surface area contributed by atoms with Crippen molar-refractivity contribution in [2.24, 2.45) is 0 Å². The van der Waals surface area contributed by atoms with Gasteiger partial charge in [-0.2, -0.15) is 5.10 Å². The number of nitrogens with zero attached hydrogens (tertiary/aromatic N) is 3. The lowest BCUT2D eigenvalue weighted by Crippen LogP contribution is -2.47. The van der Waals surface area contributed by atoms with Crippen molar-refractivity contribution in [1.29, 1.82) is 0 Å². The van der Waals surface area contributed by atoms with Gasteiger partial charge in [0.05, 0.1) is 24.9 Å². The molecule has 2 aromatic rings. The average molecular weight is 414 g/mol. The molecule has 2 heterocycles. The summed E-state index contributed by atoms with van der Waals surface area (Å²) in [5.74, 6) is -0.962. The van der Waals surface area contributed by atoms with Gasteiger partial charge in [-0.25, -0.2) is 9.59 Å². The van der Waals surface area contributed by atoms with Crippen molar-refractivity contribution in [1.82, 2.24) is 20.0 Å². The van der Waals surface area contributed by atoms with Crippen molar-refractivity contribution < 1.29 is 23.9 Å². The molecule has 0 saturated carbocycles. The van der Waals surface area contributed by atoms with Gasteiger partial charge >= 0.3 is 12.1 Å². The number of likely N-dealkylation sites (tertiary alicyclic amines) is 1. The fourth-order valence-electron chi connectivity index (χ4n) is 3.23. The Hall–Kier alpha value is -3.36. The maximum absolute atomic E-state index is 12.2. The predicted octanol–water partition coefficient (Wildman–Crippen LogP) is 1.83. The zero-order valence-electron chi connectivity index (χ0n) is 17.0. The number of amides is 2. The third-order valence-electron chi connectivity index (χ3n) is 4.78. The van der Waals surface area contributed by atoms with Crippen LogP contribution in [0.25, 0.3) is 0 Å². The normalized spacial score (nSPS) is 14.2. The maximum atomic E-state index is 12.2. The van der Waals surface area contributed by atoms with E-state index in [-0.39, 0.29) is 24.6 Å². The summed E-state index contributed by atoms with van der Waals surface area (Å²) >= 11 is 0. The SMILES string of the molecule is CCOC(=O)N1CCC(NC(=O)COC(=O)c2cnn(Cc3ccccc3)c2)CC1. The van der Waals surface area contributed by atoms with Crippen LogP contribution < -0.4 is 5.32 Å². The first kappa shape index (κ1) is 21.4. The van der Waals surface area contributed by atoms with Crippen LogP contribution in [0.3, 0.4) is 0 Å². The number of aromatic nitrogens is 2. The number of rotatable bonds is 7. The van der Waals surface area contributed by atoms with E-state index in [0.717, 1.165) is 5.56 Å². The summed E-state index contributed by atoms with van der Waals surface area (Å²) in [6, 6.07) is 9.70. The van der Waals surface area contributed by atoms with Gasteiger partial charge in [-0.15, -0.1) is 0 Å². The Morgan fingerprint density at radius 3 is 2.57 bits per heavy atom. The van der Waals surface area contributed by atoms with Gasteiger partial charge in [0.1, 0.15) is 0 Å². The molecule has 0 aliphatic carbocycles. The van der Waals surface area contributed by atoms with E-state index < -0.39 is 5.97 Å². The standard InChI is InChI=1S/C21H26N4O5/c1-2-29-21(28)24-10-8-18(9-11-24)23-19(26)15-30-20(27)17-12-22-25(14-17)13-16-6-4-3-5-7-16/h3-7,12,14,18H,2,8-11,13,15H2,1H3,(H,23,26). The molecule has 1 fully saturated rings. The number of nitrogens with one attached hydrogen (secondary N) is 1. The van der Waals surface area contributed by atoms with Gasteiger partial charge in [0.15, 0.2) is 6.61 Å². The number of carbonyl (C=O) groups excluding carboxylic acids is 3. The van der Waals surface area contributed by atoms with E-state index in [1.165, 1.54) is 6.20 Å². The number of ether oxygens (including phenoxy) is 2. The monoisotopic (exact) mass is 414 g/mol.